The van der Waals surface area contributed by atoms with Crippen LogP contribution in [0.3, 0.4) is 0 Å². The summed E-state index contributed by atoms with van der Waals surface area (Å²) in [6, 6.07) is 2.44. The second kappa shape index (κ2) is 5.89. The third kappa shape index (κ3) is 3.17. The molecule has 1 unspecified atom stereocenters. The summed E-state index contributed by atoms with van der Waals surface area (Å²) >= 11 is 1.62. The third-order valence-electron chi connectivity index (χ3n) is 4.09. The Balaban J connectivity index is 1.42. The lowest BCUT2D eigenvalue weighted by molar-refractivity contribution is -0.179. The normalized spacial score (nSPS) is 24.9. The average molecular weight is 283 g/mol. The highest BCUT2D eigenvalue weighted by molar-refractivity contribution is 7.07. The lowest BCUT2D eigenvalue weighted by Gasteiger charge is -2.36. The first-order valence-corrected chi connectivity index (χ1v) is 7.93. The van der Waals surface area contributed by atoms with Crippen molar-refractivity contribution in [3.05, 3.63) is 22.4 Å². The van der Waals surface area contributed by atoms with Gasteiger partial charge >= 0.3 is 0 Å². The van der Waals surface area contributed by atoms with Crippen LogP contribution in [0.25, 0.3) is 0 Å². The van der Waals surface area contributed by atoms with Crippen LogP contribution in [-0.2, 0) is 9.47 Å². The molecule has 0 aromatic carbocycles. The van der Waals surface area contributed by atoms with Gasteiger partial charge in [0.25, 0.3) is 0 Å². The molecule has 0 amide bonds. The maximum atomic E-state index is 10.0. The van der Waals surface area contributed by atoms with Crippen molar-refractivity contribution in [1.29, 1.82) is 0 Å². The molecule has 19 heavy (non-hydrogen) atoms. The molecule has 2 aliphatic rings. The van der Waals surface area contributed by atoms with Crippen molar-refractivity contribution in [3.8, 4) is 0 Å². The van der Waals surface area contributed by atoms with E-state index in [9.17, 15) is 5.11 Å². The predicted molar refractivity (Wildman–Crippen MR) is 74.2 cm³/mol. The Morgan fingerprint density at radius 2 is 2.11 bits per heavy atom. The van der Waals surface area contributed by atoms with Crippen molar-refractivity contribution >= 4 is 11.3 Å². The molecule has 0 radical (unpaired) electrons. The Labute approximate surface area is 117 Å². The molecule has 106 valence electrons. The number of thiophene rings is 1. The average Bonchev–Trinajstić information content (AvgIpc) is 3.09. The monoisotopic (exact) mass is 283 g/mol. The lowest BCUT2D eigenvalue weighted by atomic mass is 9.90. The van der Waals surface area contributed by atoms with E-state index in [0.717, 1.165) is 44.5 Å². The van der Waals surface area contributed by atoms with Crippen LogP contribution in [0.1, 0.15) is 37.4 Å². The van der Waals surface area contributed by atoms with E-state index in [1.54, 1.807) is 11.3 Å². The van der Waals surface area contributed by atoms with E-state index in [4.69, 9.17) is 9.47 Å². The van der Waals surface area contributed by atoms with E-state index < -0.39 is 6.10 Å². The summed E-state index contributed by atoms with van der Waals surface area (Å²) in [4.78, 5) is 0. The summed E-state index contributed by atoms with van der Waals surface area (Å²) in [7, 11) is 0. The van der Waals surface area contributed by atoms with E-state index in [1.807, 2.05) is 16.8 Å². The molecule has 1 saturated heterocycles. The van der Waals surface area contributed by atoms with Crippen molar-refractivity contribution in [1.82, 2.24) is 5.32 Å². The molecular formula is C14H21NO3S. The van der Waals surface area contributed by atoms with Crippen LogP contribution in [0.2, 0.25) is 0 Å². The lowest BCUT2D eigenvalue weighted by Crippen LogP contribution is -2.43. The van der Waals surface area contributed by atoms with Gasteiger partial charge in [0.2, 0.25) is 0 Å². The van der Waals surface area contributed by atoms with Crippen LogP contribution in [0.15, 0.2) is 16.8 Å². The van der Waals surface area contributed by atoms with E-state index >= 15 is 0 Å². The highest BCUT2D eigenvalue weighted by Gasteiger charge is 2.40. The highest BCUT2D eigenvalue weighted by Crippen LogP contribution is 2.35. The number of ether oxygens (including phenoxy) is 2. The fourth-order valence-corrected chi connectivity index (χ4v) is 3.62. The standard InChI is InChI=1S/C14H21NO3S/c16-13(11-3-8-19-10-11)9-15-12-1-4-14(5-2-12)17-6-7-18-14/h3,8,10,12-13,15-16H,1-2,4-7,9H2. The fraction of sp³-hybridized carbons (Fsp3) is 0.714. The molecule has 1 saturated carbocycles. The number of nitrogens with one attached hydrogen (secondary N) is 1. The zero-order chi connectivity index (χ0) is 13.1. The maximum absolute atomic E-state index is 10.0. The van der Waals surface area contributed by atoms with Gasteiger partial charge in [0.15, 0.2) is 5.79 Å². The highest BCUT2D eigenvalue weighted by atomic mass is 32.1. The zero-order valence-electron chi connectivity index (χ0n) is 11.0. The van der Waals surface area contributed by atoms with Gasteiger partial charge in [0, 0.05) is 25.4 Å². The number of hydrogen-bond donors (Lipinski definition) is 2. The van der Waals surface area contributed by atoms with Crippen LogP contribution >= 0.6 is 11.3 Å². The summed E-state index contributed by atoms with van der Waals surface area (Å²) in [5.41, 5.74) is 1.01. The third-order valence-corrected chi connectivity index (χ3v) is 4.79. The Hall–Kier alpha value is -0.460. The minimum atomic E-state index is -0.402. The van der Waals surface area contributed by atoms with Gasteiger partial charge < -0.3 is 19.9 Å². The number of aliphatic hydroxyl groups is 1. The van der Waals surface area contributed by atoms with E-state index in [2.05, 4.69) is 5.32 Å². The van der Waals surface area contributed by atoms with Gasteiger partial charge in [0.05, 0.1) is 19.3 Å². The summed E-state index contributed by atoms with van der Waals surface area (Å²) < 4.78 is 11.4. The van der Waals surface area contributed by atoms with Gasteiger partial charge in [-0.05, 0) is 35.2 Å². The Bertz CT molecular complexity index is 379. The maximum Gasteiger partial charge on any atom is 0.168 e. The number of aliphatic hydroxyl groups excluding tert-OH is 1. The molecule has 1 aliphatic carbocycles. The largest absolute Gasteiger partial charge is 0.387 e. The van der Waals surface area contributed by atoms with E-state index in [1.165, 1.54) is 0 Å². The first-order chi connectivity index (χ1) is 9.27. The molecule has 0 bridgehead atoms. The fourth-order valence-electron chi connectivity index (χ4n) is 2.91. The smallest absolute Gasteiger partial charge is 0.168 e. The van der Waals surface area contributed by atoms with Crippen LogP contribution in [0.4, 0.5) is 0 Å². The van der Waals surface area contributed by atoms with Gasteiger partial charge in [-0.15, -0.1) is 0 Å². The topological polar surface area (TPSA) is 50.7 Å². The van der Waals surface area contributed by atoms with Crippen molar-refractivity contribution < 1.29 is 14.6 Å². The molecular weight excluding hydrogens is 262 g/mol. The molecule has 1 aliphatic heterocycles. The molecule has 1 atom stereocenters. The van der Waals surface area contributed by atoms with Gasteiger partial charge in [-0.1, -0.05) is 0 Å². The van der Waals surface area contributed by atoms with Gasteiger partial charge in [-0.25, -0.2) is 0 Å². The Kier molecular flexibility index (Phi) is 4.19. The quantitative estimate of drug-likeness (QED) is 0.888. The van der Waals surface area contributed by atoms with Crippen molar-refractivity contribution in [3.63, 3.8) is 0 Å². The Morgan fingerprint density at radius 3 is 2.74 bits per heavy atom. The van der Waals surface area contributed by atoms with Gasteiger partial charge in [-0.2, -0.15) is 11.3 Å². The molecule has 2 N–H and O–H groups in total. The molecule has 1 spiro atoms. The van der Waals surface area contributed by atoms with E-state index in [-0.39, 0.29) is 5.79 Å². The molecule has 1 aromatic rings. The summed E-state index contributed by atoms with van der Waals surface area (Å²) in [5.74, 6) is -0.288. The van der Waals surface area contributed by atoms with Gasteiger partial charge in [0.1, 0.15) is 0 Å². The van der Waals surface area contributed by atoms with Crippen LogP contribution in [0, 0.1) is 0 Å². The van der Waals surface area contributed by atoms with Crippen molar-refractivity contribution in [2.45, 2.75) is 43.6 Å². The summed E-state index contributed by atoms with van der Waals surface area (Å²) in [6.45, 7) is 2.08. The van der Waals surface area contributed by atoms with Crippen molar-refractivity contribution in [2.24, 2.45) is 0 Å². The first kappa shape index (κ1) is 13.5. The van der Waals surface area contributed by atoms with Crippen LogP contribution in [0.5, 0.6) is 0 Å². The molecule has 2 heterocycles. The number of rotatable bonds is 4. The summed E-state index contributed by atoms with van der Waals surface area (Å²) in [6.07, 6.45) is 3.62. The molecule has 3 rings (SSSR count). The SMILES string of the molecule is OC(CNC1CCC2(CC1)OCCO2)c1ccsc1. The van der Waals surface area contributed by atoms with Gasteiger partial charge in [-0.3, -0.25) is 0 Å². The van der Waals surface area contributed by atoms with Crippen LogP contribution < -0.4 is 5.32 Å². The second-order valence-electron chi connectivity index (χ2n) is 5.36. The molecule has 1 aromatic heterocycles. The van der Waals surface area contributed by atoms with E-state index in [0.29, 0.717) is 12.6 Å². The molecule has 4 nitrogen and oxygen atoms in total. The van der Waals surface area contributed by atoms with Crippen molar-refractivity contribution in [2.75, 3.05) is 19.8 Å². The molecule has 5 heteroatoms. The number of hydrogen-bond acceptors (Lipinski definition) is 5. The second-order valence-corrected chi connectivity index (χ2v) is 6.14. The zero-order valence-corrected chi connectivity index (χ0v) is 11.8. The Morgan fingerprint density at radius 1 is 1.37 bits per heavy atom. The predicted octanol–water partition coefficient (Wildman–Crippen LogP) is 2.06. The minimum absolute atomic E-state index is 0.288. The summed E-state index contributed by atoms with van der Waals surface area (Å²) in [5, 5.41) is 17.5. The minimum Gasteiger partial charge on any atom is -0.387 e. The first-order valence-electron chi connectivity index (χ1n) is 6.99. The van der Waals surface area contributed by atoms with Crippen LogP contribution in [-0.4, -0.2) is 36.7 Å². The molecule has 2 fully saturated rings.